The van der Waals surface area contributed by atoms with E-state index in [2.05, 4.69) is 31.4 Å². The first-order valence-corrected chi connectivity index (χ1v) is 9.24. The monoisotopic (exact) mass is 421 g/mol. The van der Waals surface area contributed by atoms with Crippen molar-refractivity contribution >= 4 is 56.6 Å². The molecule has 1 amide bonds. The predicted octanol–water partition coefficient (Wildman–Crippen LogP) is 4.27. The Morgan fingerprint density at radius 2 is 1.88 bits per heavy atom. The normalized spacial score (nSPS) is 19.2. The number of amides is 1. The number of thioether (sulfide) groups is 1. The van der Waals surface area contributed by atoms with Crippen molar-refractivity contribution in [3.63, 3.8) is 0 Å². The van der Waals surface area contributed by atoms with E-state index in [0.29, 0.717) is 16.6 Å². The molecule has 0 radical (unpaired) electrons. The maximum Gasteiger partial charge on any atom is 0.239 e. The summed E-state index contributed by atoms with van der Waals surface area (Å²) in [6.45, 7) is 0. The van der Waals surface area contributed by atoms with Crippen LogP contribution in [0.1, 0.15) is 11.1 Å². The molecular formula is C17H13BrClN3OS. The van der Waals surface area contributed by atoms with Gasteiger partial charge in [0.2, 0.25) is 5.91 Å². The van der Waals surface area contributed by atoms with Gasteiger partial charge in [-0.05, 0) is 41.8 Å². The highest BCUT2D eigenvalue weighted by Gasteiger charge is 2.30. The highest BCUT2D eigenvalue weighted by molar-refractivity contribution is 9.10. The molecule has 1 atom stereocenters. The van der Waals surface area contributed by atoms with E-state index in [9.17, 15) is 4.79 Å². The predicted molar refractivity (Wildman–Crippen MR) is 104 cm³/mol. The Morgan fingerprint density at radius 3 is 2.58 bits per heavy atom. The van der Waals surface area contributed by atoms with Crippen LogP contribution in [0.3, 0.4) is 0 Å². The van der Waals surface area contributed by atoms with Crippen LogP contribution in [-0.4, -0.2) is 22.5 Å². The second kappa shape index (κ2) is 7.96. The van der Waals surface area contributed by atoms with E-state index in [1.165, 1.54) is 11.8 Å². The molecule has 0 saturated carbocycles. The van der Waals surface area contributed by atoms with E-state index >= 15 is 0 Å². The molecule has 0 spiro atoms. The Kier molecular flexibility index (Phi) is 5.71. The average Bonchev–Trinajstić information content (AvgIpc) is 2.91. The fourth-order valence-corrected chi connectivity index (χ4v) is 3.47. The number of rotatable bonds is 4. The van der Waals surface area contributed by atoms with Gasteiger partial charge in [0.25, 0.3) is 0 Å². The molecule has 1 aliphatic rings. The van der Waals surface area contributed by atoms with E-state index in [0.717, 1.165) is 15.6 Å². The van der Waals surface area contributed by atoms with Crippen molar-refractivity contribution < 1.29 is 4.79 Å². The van der Waals surface area contributed by atoms with Crippen molar-refractivity contribution in [2.45, 2.75) is 11.7 Å². The molecular weight excluding hydrogens is 410 g/mol. The fraction of sp³-hybridized carbons (Fsp3) is 0.118. The minimum absolute atomic E-state index is 0.0386. The lowest BCUT2D eigenvalue weighted by Gasteiger charge is -2.05. The van der Waals surface area contributed by atoms with E-state index < -0.39 is 0 Å². The molecule has 1 heterocycles. The van der Waals surface area contributed by atoms with Gasteiger partial charge in [0.05, 0.1) is 11.5 Å². The maximum atomic E-state index is 12.0. The molecule has 1 fully saturated rings. The van der Waals surface area contributed by atoms with Gasteiger partial charge in [-0.25, -0.2) is 0 Å². The molecule has 0 bridgehead atoms. The van der Waals surface area contributed by atoms with Crippen molar-refractivity contribution in [1.82, 2.24) is 5.32 Å². The molecule has 24 heavy (non-hydrogen) atoms. The molecule has 3 rings (SSSR count). The minimum Gasteiger partial charge on any atom is -0.303 e. The lowest BCUT2D eigenvalue weighted by molar-refractivity contribution is -0.118. The van der Waals surface area contributed by atoms with E-state index in [1.807, 2.05) is 36.4 Å². The van der Waals surface area contributed by atoms with E-state index in [4.69, 9.17) is 11.6 Å². The third kappa shape index (κ3) is 4.69. The maximum absolute atomic E-state index is 12.0. The zero-order valence-corrected chi connectivity index (χ0v) is 15.6. The standard InChI is InChI=1S/C17H13BrClN3OS/c18-13-5-1-11(2-6-13)9-15-16(23)21-17(24-15)22-20-10-12-3-7-14(19)8-4-12/h1-8,10,15H,9H2,(H,21,22,23). The van der Waals surface area contributed by atoms with Gasteiger partial charge in [0.1, 0.15) is 0 Å². The topological polar surface area (TPSA) is 53.8 Å². The summed E-state index contributed by atoms with van der Waals surface area (Å²) in [7, 11) is 0. The quantitative estimate of drug-likeness (QED) is 0.591. The number of hydrogen-bond acceptors (Lipinski definition) is 4. The first kappa shape index (κ1) is 17.2. The molecule has 0 aliphatic carbocycles. The summed E-state index contributed by atoms with van der Waals surface area (Å²) in [5.41, 5.74) is 2.00. The number of amidine groups is 1. The van der Waals surface area contributed by atoms with Crippen LogP contribution in [0, 0.1) is 0 Å². The number of carbonyl (C=O) groups excluding carboxylic acids is 1. The zero-order valence-electron chi connectivity index (χ0n) is 12.4. The summed E-state index contributed by atoms with van der Waals surface area (Å²) in [5, 5.41) is 11.9. The van der Waals surface area contributed by atoms with Crippen molar-refractivity contribution in [3.05, 3.63) is 69.2 Å². The molecule has 1 aliphatic heterocycles. The second-order valence-electron chi connectivity index (χ2n) is 5.13. The zero-order chi connectivity index (χ0) is 16.9. The van der Waals surface area contributed by atoms with Gasteiger partial charge in [-0.15, -0.1) is 5.10 Å². The molecule has 0 aromatic heterocycles. The number of nitrogens with one attached hydrogen (secondary N) is 1. The lowest BCUT2D eigenvalue weighted by Crippen LogP contribution is -2.25. The lowest BCUT2D eigenvalue weighted by atomic mass is 10.1. The molecule has 1 N–H and O–H groups in total. The number of benzene rings is 2. The third-order valence-electron chi connectivity index (χ3n) is 3.34. The number of carbonyl (C=O) groups is 1. The molecule has 4 nitrogen and oxygen atoms in total. The van der Waals surface area contributed by atoms with Gasteiger partial charge in [-0.1, -0.05) is 63.6 Å². The van der Waals surface area contributed by atoms with Gasteiger partial charge in [0.15, 0.2) is 5.17 Å². The molecule has 2 aromatic rings. The highest BCUT2D eigenvalue weighted by Crippen LogP contribution is 2.24. The van der Waals surface area contributed by atoms with Crippen molar-refractivity contribution in [3.8, 4) is 0 Å². The van der Waals surface area contributed by atoms with Crippen LogP contribution in [0.5, 0.6) is 0 Å². The van der Waals surface area contributed by atoms with E-state index in [1.54, 1.807) is 18.3 Å². The van der Waals surface area contributed by atoms with Crippen LogP contribution in [-0.2, 0) is 11.2 Å². The van der Waals surface area contributed by atoms with Crippen LogP contribution in [0.2, 0.25) is 5.02 Å². The van der Waals surface area contributed by atoms with Gasteiger partial charge < -0.3 is 5.32 Å². The van der Waals surface area contributed by atoms with Crippen molar-refractivity contribution in [2.75, 3.05) is 0 Å². The Labute approximate surface area is 157 Å². The summed E-state index contributed by atoms with van der Waals surface area (Å²) in [6.07, 6.45) is 2.28. The number of hydrogen-bond donors (Lipinski definition) is 1. The first-order chi connectivity index (χ1) is 11.6. The largest absolute Gasteiger partial charge is 0.303 e. The molecule has 7 heteroatoms. The number of halogens is 2. The van der Waals surface area contributed by atoms with Gasteiger partial charge in [0, 0.05) is 9.50 Å². The van der Waals surface area contributed by atoms with Crippen LogP contribution in [0.4, 0.5) is 0 Å². The van der Waals surface area contributed by atoms with Gasteiger partial charge in [-0.2, -0.15) is 5.10 Å². The third-order valence-corrected chi connectivity index (χ3v) is 5.19. The highest BCUT2D eigenvalue weighted by atomic mass is 79.9. The van der Waals surface area contributed by atoms with Crippen molar-refractivity contribution in [1.29, 1.82) is 0 Å². The van der Waals surface area contributed by atoms with Gasteiger partial charge >= 0.3 is 0 Å². The van der Waals surface area contributed by atoms with E-state index in [-0.39, 0.29) is 11.2 Å². The summed E-state index contributed by atoms with van der Waals surface area (Å²) in [6, 6.07) is 15.2. The summed E-state index contributed by atoms with van der Waals surface area (Å²) < 4.78 is 1.02. The number of nitrogens with zero attached hydrogens (tertiary/aromatic N) is 2. The molecule has 2 aromatic carbocycles. The fourth-order valence-electron chi connectivity index (χ4n) is 2.12. The minimum atomic E-state index is -0.185. The van der Waals surface area contributed by atoms with Crippen LogP contribution >= 0.6 is 39.3 Å². The summed E-state index contributed by atoms with van der Waals surface area (Å²) >= 11 is 10.6. The molecule has 1 unspecified atom stereocenters. The van der Waals surface area contributed by atoms with Crippen LogP contribution < -0.4 is 5.32 Å². The smallest absolute Gasteiger partial charge is 0.239 e. The summed E-state index contributed by atoms with van der Waals surface area (Å²) in [4.78, 5) is 12.0. The Bertz CT molecular complexity index is 790. The van der Waals surface area contributed by atoms with Crippen LogP contribution in [0.15, 0.2) is 63.2 Å². The molecule has 122 valence electrons. The Morgan fingerprint density at radius 1 is 1.17 bits per heavy atom. The Balaban J connectivity index is 1.61. The van der Waals surface area contributed by atoms with Gasteiger partial charge in [-0.3, -0.25) is 4.79 Å². The summed E-state index contributed by atoms with van der Waals surface area (Å²) in [5.74, 6) is -0.0386. The Hall–Kier alpha value is -1.63. The second-order valence-corrected chi connectivity index (χ2v) is 7.67. The van der Waals surface area contributed by atoms with Crippen LogP contribution in [0.25, 0.3) is 0 Å². The average molecular weight is 423 g/mol. The molecule has 1 saturated heterocycles. The van der Waals surface area contributed by atoms with Crippen molar-refractivity contribution in [2.24, 2.45) is 10.2 Å². The SMILES string of the molecule is O=C1NC(=NN=Cc2ccc(Cl)cc2)SC1Cc1ccc(Br)cc1. The first-order valence-electron chi connectivity index (χ1n) is 7.19.